The van der Waals surface area contributed by atoms with Crippen molar-refractivity contribution in [2.45, 2.75) is 78.9 Å². The number of amides is 2. The number of urea groups is 1. The molecule has 9 nitrogen and oxygen atoms in total. The SMILES string of the molecule is CCCCn1c(=O)c(NC(=O)Nc2c(C(C)C)cc(N)cc2C(C)C)c(-c2cccc(OCCCOCc3ccccc3)c2)c2cccnc21. The van der Waals surface area contributed by atoms with Crippen LogP contribution >= 0.6 is 0 Å². The van der Waals surface area contributed by atoms with Crippen LogP contribution in [0, 0.1) is 0 Å². The molecule has 2 heterocycles. The Morgan fingerprint density at radius 2 is 1.58 bits per heavy atom. The first-order chi connectivity index (χ1) is 24.2. The van der Waals surface area contributed by atoms with E-state index in [1.54, 1.807) is 10.8 Å². The molecule has 0 bridgehead atoms. The second kappa shape index (κ2) is 17.0. The molecule has 0 radical (unpaired) electrons. The maximum atomic E-state index is 14.3. The monoisotopic (exact) mass is 675 g/mol. The minimum Gasteiger partial charge on any atom is -0.493 e. The third-order valence-corrected chi connectivity index (χ3v) is 8.63. The maximum Gasteiger partial charge on any atom is 0.323 e. The Balaban J connectivity index is 1.47. The van der Waals surface area contributed by atoms with Crippen molar-refractivity contribution in [2.24, 2.45) is 0 Å². The summed E-state index contributed by atoms with van der Waals surface area (Å²) in [6, 6.07) is 24.8. The fourth-order valence-electron chi connectivity index (χ4n) is 6.10. The second-order valence-electron chi connectivity index (χ2n) is 13.2. The molecular formula is C41H49N5O4. The van der Waals surface area contributed by atoms with E-state index in [0.717, 1.165) is 40.5 Å². The molecule has 262 valence electrons. The summed E-state index contributed by atoms with van der Waals surface area (Å²) in [6.45, 7) is 12.4. The Labute approximate surface area is 294 Å². The number of nitrogens with two attached hydrogens (primary N) is 1. The normalized spacial score (nSPS) is 11.3. The molecule has 3 aromatic carbocycles. The summed E-state index contributed by atoms with van der Waals surface area (Å²) in [5, 5.41) is 6.83. The first-order valence-electron chi connectivity index (χ1n) is 17.6. The smallest absolute Gasteiger partial charge is 0.323 e. The summed E-state index contributed by atoms with van der Waals surface area (Å²) in [5.41, 5.74) is 12.4. The van der Waals surface area contributed by atoms with Crippen molar-refractivity contribution in [2.75, 3.05) is 29.6 Å². The molecule has 0 spiro atoms. The number of pyridine rings is 2. The van der Waals surface area contributed by atoms with Gasteiger partial charge in [0.1, 0.15) is 17.1 Å². The lowest BCUT2D eigenvalue weighted by Gasteiger charge is -2.22. The van der Waals surface area contributed by atoms with E-state index < -0.39 is 6.03 Å². The van der Waals surface area contributed by atoms with Crippen molar-refractivity contribution >= 4 is 34.1 Å². The number of ether oxygens (including phenoxy) is 2. The zero-order valence-corrected chi connectivity index (χ0v) is 29.8. The number of aryl methyl sites for hydroxylation is 1. The van der Waals surface area contributed by atoms with E-state index in [-0.39, 0.29) is 23.1 Å². The van der Waals surface area contributed by atoms with Crippen LogP contribution in [0.5, 0.6) is 5.75 Å². The number of nitrogen functional groups attached to an aromatic ring is 1. The summed E-state index contributed by atoms with van der Waals surface area (Å²) >= 11 is 0. The Hall–Kier alpha value is -5.15. The predicted molar refractivity (Wildman–Crippen MR) is 204 cm³/mol. The molecule has 0 saturated carbocycles. The number of carbonyl (C=O) groups excluding carboxylic acids is 1. The van der Waals surface area contributed by atoms with E-state index in [4.69, 9.17) is 15.2 Å². The molecule has 0 fully saturated rings. The quantitative estimate of drug-likeness (QED) is 0.0751. The highest BCUT2D eigenvalue weighted by Gasteiger charge is 2.23. The number of benzene rings is 3. The number of fused-ring (bicyclic) bond motifs is 1. The minimum absolute atomic E-state index is 0.109. The Bertz CT molecular complexity index is 1940. The molecule has 5 aromatic rings. The molecule has 0 atom stereocenters. The molecule has 5 rings (SSSR count). The number of hydrogen-bond donors (Lipinski definition) is 3. The summed E-state index contributed by atoms with van der Waals surface area (Å²) in [5.74, 6) is 0.870. The van der Waals surface area contributed by atoms with Crippen LogP contribution < -0.4 is 26.7 Å². The molecule has 0 aliphatic heterocycles. The summed E-state index contributed by atoms with van der Waals surface area (Å²) in [6.07, 6.45) is 4.09. The third kappa shape index (κ3) is 8.71. The van der Waals surface area contributed by atoms with Crippen LogP contribution in [0.25, 0.3) is 22.2 Å². The van der Waals surface area contributed by atoms with Gasteiger partial charge in [0.15, 0.2) is 0 Å². The highest BCUT2D eigenvalue weighted by molar-refractivity contribution is 6.08. The van der Waals surface area contributed by atoms with Gasteiger partial charge in [-0.2, -0.15) is 0 Å². The van der Waals surface area contributed by atoms with E-state index >= 15 is 0 Å². The number of anilines is 3. The number of nitrogens with one attached hydrogen (secondary N) is 2. The molecule has 50 heavy (non-hydrogen) atoms. The molecule has 4 N–H and O–H groups in total. The van der Waals surface area contributed by atoms with Gasteiger partial charge in [-0.05, 0) is 76.9 Å². The lowest BCUT2D eigenvalue weighted by atomic mass is 9.92. The van der Waals surface area contributed by atoms with Crippen LogP contribution in [0.4, 0.5) is 21.9 Å². The van der Waals surface area contributed by atoms with E-state index in [0.29, 0.717) is 61.1 Å². The molecule has 9 heteroatoms. The van der Waals surface area contributed by atoms with Gasteiger partial charge in [0.05, 0.1) is 19.8 Å². The molecule has 0 unspecified atom stereocenters. The van der Waals surface area contributed by atoms with Crippen molar-refractivity contribution in [3.63, 3.8) is 0 Å². The average Bonchev–Trinajstić information content (AvgIpc) is 3.10. The minimum atomic E-state index is -0.509. The number of aromatic nitrogens is 2. The van der Waals surface area contributed by atoms with Crippen molar-refractivity contribution < 1.29 is 14.3 Å². The highest BCUT2D eigenvalue weighted by Crippen LogP contribution is 2.37. The van der Waals surface area contributed by atoms with E-state index in [1.807, 2.05) is 78.9 Å². The summed E-state index contributed by atoms with van der Waals surface area (Å²) in [7, 11) is 0. The van der Waals surface area contributed by atoms with Crippen LogP contribution in [-0.2, 0) is 17.9 Å². The number of unbranched alkanes of at least 4 members (excludes halogenated alkanes) is 1. The topological polar surface area (TPSA) is 121 Å². The van der Waals surface area contributed by atoms with Crippen molar-refractivity contribution in [3.8, 4) is 16.9 Å². The Morgan fingerprint density at radius 3 is 2.28 bits per heavy atom. The predicted octanol–water partition coefficient (Wildman–Crippen LogP) is 9.32. The molecular weight excluding hydrogens is 626 g/mol. The zero-order chi connectivity index (χ0) is 35.6. The van der Waals surface area contributed by atoms with Gasteiger partial charge in [0.2, 0.25) is 0 Å². The number of rotatable bonds is 15. The van der Waals surface area contributed by atoms with E-state index in [1.165, 1.54) is 0 Å². The maximum absolute atomic E-state index is 14.3. The summed E-state index contributed by atoms with van der Waals surface area (Å²) in [4.78, 5) is 32.9. The van der Waals surface area contributed by atoms with E-state index in [2.05, 4.69) is 50.2 Å². The second-order valence-corrected chi connectivity index (χ2v) is 13.2. The lowest BCUT2D eigenvalue weighted by molar-refractivity contribution is 0.107. The van der Waals surface area contributed by atoms with Crippen molar-refractivity contribution in [1.82, 2.24) is 9.55 Å². The first-order valence-corrected chi connectivity index (χ1v) is 17.6. The number of hydrogen-bond acceptors (Lipinski definition) is 6. The first kappa shape index (κ1) is 36.1. The lowest BCUT2D eigenvalue weighted by Crippen LogP contribution is -2.30. The molecule has 0 saturated heterocycles. The van der Waals surface area contributed by atoms with Crippen molar-refractivity contribution in [1.29, 1.82) is 0 Å². The third-order valence-electron chi connectivity index (χ3n) is 8.63. The van der Waals surface area contributed by atoms with Gasteiger partial charge in [0.25, 0.3) is 5.56 Å². The standard InChI is InChI=1S/C41H49N5O4/c1-6-7-20-46-39-33(18-12-19-43-39)36(30-16-11-17-32(23-30)50-22-13-21-49-26-29-14-9-8-10-15-29)38(40(46)47)45-41(48)44-37-34(27(2)3)24-31(42)25-35(37)28(4)5/h8-12,14-19,23-25,27-28H,6-7,13,20-22,26,42H2,1-5H3,(H2,44,45,48). The van der Waals surface area contributed by atoms with Gasteiger partial charge in [0, 0.05) is 41.5 Å². The molecule has 2 amide bonds. The largest absolute Gasteiger partial charge is 0.493 e. The highest BCUT2D eigenvalue weighted by atomic mass is 16.5. The van der Waals surface area contributed by atoms with Gasteiger partial charge in [-0.15, -0.1) is 0 Å². The fraction of sp³-hybridized carbons (Fsp3) is 0.341. The van der Waals surface area contributed by atoms with Gasteiger partial charge in [-0.25, -0.2) is 9.78 Å². The van der Waals surface area contributed by atoms with Gasteiger partial charge < -0.3 is 25.8 Å². The number of carbonyl (C=O) groups is 1. The molecule has 0 aliphatic rings. The van der Waals surface area contributed by atoms with Crippen LogP contribution in [0.2, 0.25) is 0 Å². The van der Waals surface area contributed by atoms with Crippen LogP contribution in [0.15, 0.2) is 89.9 Å². The zero-order valence-electron chi connectivity index (χ0n) is 29.8. The Kier molecular flexibility index (Phi) is 12.3. The van der Waals surface area contributed by atoms with Gasteiger partial charge in [-0.3, -0.25) is 9.36 Å². The fourth-order valence-corrected chi connectivity index (χ4v) is 6.10. The van der Waals surface area contributed by atoms with Crippen molar-refractivity contribution in [3.05, 3.63) is 112 Å². The Morgan fingerprint density at radius 1 is 0.860 bits per heavy atom. The summed E-state index contributed by atoms with van der Waals surface area (Å²) < 4.78 is 13.6. The van der Waals surface area contributed by atoms with Gasteiger partial charge >= 0.3 is 6.03 Å². The molecule has 0 aliphatic carbocycles. The van der Waals surface area contributed by atoms with Gasteiger partial charge in [-0.1, -0.05) is 83.5 Å². The molecule has 2 aromatic heterocycles. The number of nitrogens with zero attached hydrogens (tertiary/aromatic N) is 2. The average molecular weight is 676 g/mol. The van der Waals surface area contributed by atoms with E-state index in [9.17, 15) is 9.59 Å². The van der Waals surface area contributed by atoms with Crippen LogP contribution in [0.3, 0.4) is 0 Å². The van der Waals surface area contributed by atoms with Crippen LogP contribution in [0.1, 0.15) is 82.4 Å². The van der Waals surface area contributed by atoms with Crippen LogP contribution in [-0.4, -0.2) is 28.8 Å².